The first-order valence-electron chi connectivity index (χ1n) is 7.81. The Morgan fingerprint density at radius 1 is 1.42 bits per heavy atom. The molecule has 0 saturated carbocycles. The first kappa shape index (κ1) is 19.1. The molecule has 1 nitrogen and oxygen atoms in total. The monoisotopic (exact) mass is 375 g/mol. The van der Waals surface area contributed by atoms with Crippen molar-refractivity contribution in [2.24, 2.45) is 5.92 Å². The summed E-state index contributed by atoms with van der Waals surface area (Å²) in [5.41, 5.74) is 0.639. The number of hydrogen-bond donors (Lipinski definition) is 0. The molecule has 0 amide bonds. The summed E-state index contributed by atoms with van der Waals surface area (Å²) in [6, 6.07) is 3.20. The van der Waals surface area contributed by atoms with Gasteiger partial charge in [0.05, 0.1) is 4.90 Å². The summed E-state index contributed by atoms with van der Waals surface area (Å²) in [5, 5.41) is 11.3. The minimum Gasteiger partial charge on any atom is -0.206 e. The Labute approximate surface area is 154 Å². The zero-order valence-electron chi connectivity index (χ0n) is 13.5. The summed E-state index contributed by atoms with van der Waals surface area (Å²) < 4.78 is 14.0. The molecular formula is C19H19FNPS2. The molecule has 1 aliphatic carbocycles. The number of thiocyanates is 1. The van der Waals surface area contributed by atoms with Crippen molar-refractivity contribution in [2.45, 2.75) is 31.1 Å². The zero-order valence-corrected chi connectivity index (χ0v) is 16.3. The predicted octanol–water partition coefficient (Wildman–Crippen LogP) is 5.24. The lowest BCUT2D eigenvalue weighted by Gasteiger charge is -2.10. The van der Waals surface area contributed by atoms with Crippen LogP contribution in [0.1, 0.15) is 31.7 Å². The highest BCUT2D eigenvalue weighted by Gasteiger charge is 2.09. The third-order valence-electron chi connectivity index (χ3n) is 3.45. The molecule has 0 aliphatic heterocycles. The molecule has 2 unspecified atom stereocenters. The van der Waals surface area contributed by atoms with Crippen LogP contribution < -0.4 is 5.30 Å². The van der Waals surface area contributed by atoms with Gasteiger partial charge in [-0.2, -0.15) is 5.26 Å². The fraction of sp³-hybridized carbons (Fsp3) is 0.316. The van der Waals surface area contributed by atoms with E-state index in [0.29, 0.717) is 15.8 Å². The van der Waals surface area contributed by atoms with Crippen LogP contribution in [0.4, 0.5) is 4.39 Å². The molecule has 5 heteroatoms. The number of hydrogen-bond acceptors (Lipinski definition) is 3. The minimum absolute atomic E-state index is 0.171. The highest BCUT2D eigenvalue weighted by Crippen LogP contribution is 2.26. The number of benzene rings is 1. The van der Waals surface area contributed by atoms with Crippen molar-refractivity contribution < 1.29 is 4.39 Å². The van der Waals surface area contributed by atoms with Gasteiger partial charge in [-0.3, -0.25) is 0 Å². The van der Waals surface area contributed by atoms with Crippen LogP contribution in [0.2, 0.25) is 0 Å². The van der Waals surface area contributed by atoms with Crippen LogP contribution in [0.5, 0.6) is 0 Å². The first-order valence-corrected chi connectivity index (χ1v) is 10.2. The summed E-state index contributed by atoms with van der Waals surface area (Å²) in [6.45, 7) is 2.20. The van der Waals surface area contributed by atoms with Gasteiger partial charge < -0.3 is 0 Å². The molecule has 0 saturated heterocycles. The first-order chi connectivity index (χ1) is 11.6. The van der Waals surface area contributed by atoms with Crippen LogP contribution in [-0.4, -0.2) is 5.75 Å². The predicted molar refractivity (Wildman–Crippen MR) is 107 cm³/mol. The van der Waals surface area contributed by atoms with Gasteiger partial charge in [0, 0.05) is 16.4 Å². The third kappa shape index (κ3) is 5.71. The molecule has 0 fully saturated rings. The molecule has 0 N–H and O–H groups in total. The average molecular weight is 375 g/mol. The summed E-state index contributed by atoms with van der Waals surface area (Å²) in [7, 11) is 2.47. The maximum Gasteiger partial charge on any atom is 0.139 e. The molecule has 124 valence electrons. The third-order valence-corrected chi connectivity index (χ3v) is 5.97. The van der Waals surface area contributed by atoms with Crippen molar-refractivity contribution in [1.29, 1.82) is 5.26 Å². The maximum atomic E-state index is 14.0. The molecule has 1 aromatic carbocycles. The minimum atomic E-state index is -0.396. The molecule has 1 aliphatic rings. The van der Waals surface area contributed by atoms with E-state index in [1.165, 1.54) is 23.8 Å². The van der Waals surface area contributed by atoms with Crippen molar-refractivity contribution in [3.63, 3.8) is 0 Å². The quantitative estimate of drug-likeness (QED) is 0.231. The van der Waals surface area contributed by atoms with Gasteiger partial charge in [0.15, 0.2) is 0 Å². The SMILES string of the molecule is CCCCSC1=CCC(C#Cc2cc(F)c(SC#N)c(P)c2)C=C1. The largest absolute Gasteiger partial charge is 0.206 e. The Morgan fingerprint density at radius 3 is 2.88 bits per heavy atom. The van der Waals surface area contributed by atoms with E-state index in [1.54, 1.807) is 6.07 Å². The number of nitriles is 1. The van der Waals surface area contributed by atoms with Gasteiger partial charge in [0.25, 0.3) is 0 Å². The van der Waals surface area contributed by atoms with Crippen molar-refractivity contribution in [3.8, 4) is 17.2 Å². The van der Waals surface area contributed by atoms with E-state index in [4.69, 9.17) is 5.26 Å². The number of thioether (sulfide) groups is 2. The smallest absolute Gasteiger partial charge is 0.139 e. The van der Waals surface area contributed by atoms with Crippen molar-refractivity contribution in [1.82, 2.24) is 0 Å². The second-order valence-corrected chi connectivity index (χ2v) is 7.93. The number of allylic oxidation sites excluding steroid dienone is 3. The van der Waals surface area contributed by atoms with Gasteiger partial charge in [-0.05, 0) is 47.8 Å². The lowest BCUT2D eigenvalue weighted by molar-refractivity contribution is 0.604. The van der Waals surface area contributed by atoms with Crippen molar-refractivity contribution in [2.75, 3.05) is 5.75 Å². The van der Waals surface area contributed by atoms with E-state index in [9.17, 15) is 4.39 Å². The Balaban J connectivity index is 2.00. The molecule has 24 heavy (non-hydrogen) atoms. The Hall–Kier alpha value is -1.19. The fourth-order valence-corrected chi connectivity index (χ4v) is 4.14. The normalized spacial score (nSPS) is 16.1. The van der Waals surface area contributed by atoms with Crippen LogP contribution in [-0.2, 0) is 0 Å². The highest BCUT2D eigenvalue weighted by atomic mass is 32.2. The van der Waals surface area contributed by atoms with Crippen LogP contribution in [0, 0.1) is 34.2 Å². The molecule has 1 aromatic rings. The van der Waals surface area contributed by atoms with Gasteiger partial charge in [0.1, 0.15) is 11.2 Å². The highest BCUT2D eigenvalue weighted by molar-refractivity contribution is 8.04. The topological polar surface area (TPSA) is 23.8 Å². The van der Waals surface area contributed by atoms with Crippen LogP contribution in [0.15, 0.2) is 40.2 Å². The number of halogens is 1. The van der Waals surface area contributed by atoms with Crippen molar-refractivity contribution >= 4 is 38.1 Å². The second kappa shape index (κ2) is 9.95. The van der Waals surface area contributed by atoms with E-state index < -0.39 is 5.82 Å². The lowest BCUT2D eigenvalue weighted by atomic mass is 10.0. The summed E-state index contributed by atoms with van der Waals surface area (Å²) in [4.78, 5) is 1.67. The van der Waals surface area contributed by atoms with Gasteiger partial charge in [-0.15, -0.1) is 21.0 Å². The molecule has 2 rings (SSSR count). The van der Waals surface area contributed by atoms with Crippen LogP contribution >= 0.6 is 32.8 Å². The molecule has 0 aromatic heterocycles. The molecular weight excluding hydrogens is 356 g/mol. The summed E-state index contributed by atoms with van der Waals surface area (Å²) in [5.74, 6) is 7.18. The number of unbranched alkanes of at least 4 members (excludes halogenated alkanes) is 1. The van der Waals surface area contributed by atoms with E-state index in [-0.39, 0.29) is 5.92 Å². The van der Waals surface area contributed by atoms with E-state index in [2.05, 4.69) is 46.2 Å². The van der Waals surface area contributed by atoms with E-state index in [1.807, 2.05) is 17.2 Å². The summed E-state index contributed by atoms with van der Waals surface area (Å²) >= 11 is 2.73. The molecule has 2 atom stereocenters. The molecule has 0 spiro atoms. The van der Waals surface area contributed by atoms with Gasteiger partial charge in [0.2, 0.25) is 0 Å². The van der Waals surface area contributed by atoms with Crippen LogP contribution in [0.25, 0.3) is 0 Å². The Bertz CT molecular complexity index is 730. The number of nitrogens with zero attached hydrogens (tertiary/aromatic N) is 1. The lowest BCUT2D eigenvalue weighted by Crippen LogP contribution is -2.01. The second-order valence-electron chi connectivity index (χ2n) is 5.35. The fourth-order valence-electron chi connectivity index (χ4n) is 2.17. The Kier molecular flexibility index (Phi) is 7.93. The summed E-state index contributed by atoms with van der Waals surface area (Å²) in [6.07, 6.45) is 9.85. The maximum absolute atomic E-state index is 14.0. The molecule has 0 bridgehead atoms. The number of rotatable bonds is 5. The van der Waals surface area contributed by atoms with Crippen molar-refractivity contribution in [3.05, 3.63) is 46.6 Å². The Morgan fingerprint density at radius 2 is 2.25 bits per heavy atom. The average Bonchev–Trinajstić information content (AvgIpc) is 2.58. The van der Waals surface area contributed by atoms with E-state index >= 15 is 0 Å². The van der Waals surface area contributed by atoms with Crippen LogP contribution in [0.3, 0.4) is 0 Å². The zero-order chi connectivity index (χ0) is 17.4. The van der Waals surface area contributed by atoms with Gasteiger partial charge in [-0.1, -0.05) is 43.4 Å². The molecule has 0 heterocycles. The standard InChI is InChI=1S/C19H19FNPS2/c1-2-3-10-23-16-8-6-14(7-9-16)4-5-15-11-17(20)19(24-13-21)18(22)12-15/h6,8-9,11-12,14H,2-3,7,10,22H2,1H3. The van der Waals surface area contributed by atoms with Gasteiger partial charge in [-0.25, -0.2) is 4.39 Å². The molecule has 0 radical (unpaired) electrons. The van der Waals surface area contributed by atoms with Gasteiger partial charge >= 0.3 is 0 Å². The van der Waals surface area contributed by atoms with E-state index in [0.717, 1.165) is 23.9 Å².